The number of amides is 1. The molecular formula is C19H20BrN3O4S. The summed E-state index contributed by atoms with van der Waals surface area (Å²) in [7, 11) is -3.55. The molecule has 148 valence electrons. The average molecular weight is 466 g/mol. The van der Waals surface area contributed by atoms with Crippen molar-refractivity contribution in [2.45, 2.75) is 6.54 Å². The predicted molar refractivity (Wildman–Crippen MR) is 111 cm³/mol. The molecule has 1 amide bonds. The van der Waals surface area contributed by atoms with Gasteiger partial charge in [-0.2, -0.15) is 4.31 Å². The third-order valence-electron chi connectivity index (χ3n) is 4.44. The predicted octanol–water partition coefficient (Wildman–Crippen LogP) is 1.76. The Kier molecular flexibility index (Phi) is 6.48. The average Bonchev–Trinajstić information content (AvgIpc) is 2.70. The molecule has 7 nitrogen and oxygen atoms in total. The Morgan fingerprint density at radius 1 is 1.04 bits per heavy atom. The highest BCUT2D eigenvalue weighted by atomic mass is 79.9. The topological polar surface area (TPSA) is 79.7 Å². The van der Waals surface area contributed by atoms with E-state index in [9.17, 15) is 18.0 Å². The number of aromatic nitrogens is 1. The van der Waals surface area contributed by atoms with Gasteiger partial charge in [0.25, 0.3) is 5.56 Å². The first-order valence-electron chi connectivity index (χ1n) is 8.72. The second-order valence-corrected chi connectivity index (χ2v) is 9.09. The molecule has 1 aromatic heterocycles. The molecular weight excluding hydrogens is 446 g/mol. The van der Waals surface area contributed by atoms with Gasteiger partial charge in [0.15, 0.2) is 0 Å². The van der Waals surface area contributed by atoms with E-state index in [0.717, 1.165) is 5.56 Å². The van der Waals surface area contributed by atoms with Gasteiger partial charge in [0.1, 0.15) is 6.54 Å². The Labute approximate surface area is 172 Å². The Morgan fingerprint density at radius 3 is 2.39 bits per heavy atom. The zero-order valence-electron chi connectivity index (χ0n) is 15.1. The van der Waals surface area contributed by atoms with Crippen LogP contribution < -0.4 is 5.56 Å². The minimum Gasteiger partial charge on any atom is -0.339 e. The van der Waals surface area contributed by atoms with Gasteiger partial charge in [-0.25, -0.2) is 8.42 Å². The third kappa shape index (κ3) is 5.18. The van der Waals surface area contributed by atoms with Crippen molar-refractivity contribution in [3.63, 3.8) is 0 Å². The molecule has 0 atom stereocenters. The molecule has 0 radical (unpaired) electrons. The maximum atomic E-state index is 12.5. The third-order valence-corrected chi connectivity index (χ3v) is 6.47. The van der Waals surface area contributed by atoms with Crippen molar-refractivity contribution in [3.05, 3.63) is 74.5 Å². The second kappa shape index (κ2) is 8.85. The van der Waals surface area contributed by atoms with E-state index in [-0.39, 0.29) is 31.1 Å². The molecule has 0 bridgehead atoms. The van der Waals surface area contributed by atoms with Crippen molar-refractivity contribution in [3.8, 4) is 0 Å². The molecule has 1 aliphatic rings. The van der Waals surface area contributed by atoms with Crippen molar-refractivity contribution < 1.29 is 13.2 Å². The molecule has 2 heterocycles. The van der Waals surface area contributed by atoms with E-state index >= 15 is 0 Å². The van der Waals surface area contributed by atoms with Gasteiger partial charge >= 0.3 is 0 Å². The van der Waals surface area contributed by atoms with Crippen molar-refractivity contribution in [1.29, 1.82) is 0 Å². The van der Waals surface area contributed by atoms with Crippen LogP contribution in [0, 0.1) is 0 Å². The van der Waals surface area contributed by atoms with E-state index in [1.54, 1.807) is 23.2 Å². The highest BCUT2D eigenvalue weighted by Crippen LogP contribution is 2.12. The number of halogens is 1. The van der Waals surface area contributed by atoms with E-state index in [2.05, 4.69) is 15.9 Å². The summed E-state index contributed by atoms with van der Waals surface area (Å²) in [6, 6.07) is 12.2. The van der Waals surface area contributed by atoms with Crippen LogP contribution in [0.15, 0.2) is 63.3 Å². The molecule has 0 aliphatic carbocycles. The number of carbonyl (C=O) groups excluding carboxylic acids is 1. The fourth-order valence-electron chi connectivity index (χ4n) is 2.88. The lowest BCUT2D eigenvalue weighted by Gasteiger charge is -2.33. The van der Waals surface area contributed by atoms with Crippen LogP contribution in [-0.4, -0.2) is 54.3 Å². The number of rotatable bonds is 5. The number of hydrogen-bond donors (Lipinski definition) is 0. The minimum absolute atomic E-state index is 0.0705. The van der Waals surface area contributed by atoms with E-state index in [4.69, 9.17) is 0 Å². The number of piperazine rings is 1. The summed E-state index contributed by atoms with van der Waals surface area (Å²) in [6.07, 6.45) is 3.13. The van der Waals surface area contributed by atoms with Crippen LogP contribution >= 0.6 is 15.9 Å². The second-order valence-electron chi connectivity index (χ2n) is 6.35. The van der Waals surface area contributed by atoms with Crippen molar-refractivity contribution in [2.24, 2.45) is 0 Å². The first-order valence-corrected chi connectivity index (χ1v) is 11.0. The maximum Gasteiger partial charge on any atom is 0.251 e. The van der Waals surface area contributed by atoms with Crippen LogP contribution in [0.5, 0.6) is 0 Å². The summed E-state index contributed by atoms with van der Waals surface area (Å²) in [5.41, 5.74) is 0.545. The Bertz CT molecular complexity index is 1030. The van der Waals surface area contributed by atoms with Crippen LogP contribution in [0.1, 0.15) is 5.56 Å². The molecule has 1 fully saturated rings. The Balaban J connectivity index is 1.59. The lowest BCUT2D eigenvalue weighted by molar-refractivity contribution is -0.133. The van der Waals surface area contributed by atoms with Gasteiger partial charge in [0.05, 0.1) is 0 Å². The SMILES string of the molecule is O=C(Cn1cc(Br)ccc1=O)N1CCN(S(=O)(=O)/C=C/c2ccccc2)CC1. The molecule has 0 unspecified atom stereocenters. The molecule has 1 saturated heterocycles. The van der Waals surface area contributed by atoms with E-state index < -0.39 is 10.0 Å². The normalized spacial score (nSPS) is 15.8. The van der Waals surface area contributed by atoms with Crippen molar-refractivity contribution >= 4 is 37.9 Å². The van der Waals surface area contributed by atoms with Gasteiger partial charge in [0, 0.05) is 48.3 Å². The first kappa shape index (κ1) is 20.5. The molecule has 1 aromatic carbocycles. The lowest BCUT2D eigenvalue weighted by Crippen LogP contribution is -2.51. The highest BCUT2D eigenvalue weighted by molar-refractivity contribution is 9.10. The van der Waals surface area contributed by atoms with Gasteiger partial charge in [-0.3, -0.25) is 9.59 Å². The van der Waals surface area contributed by atoms with Crippen LogP contribution in [0.3, 0.4) is 0 Å². The van der Waals surface area contributed by atoms with Gasteiger partial charge in [-0.1, -0.05) is 30.3 Å². The van der Waals surface area contributed by atoms with E-state index in [1.165, 1.54) is 20.3 Å². The molecule has 0 saturated carbocycles. The van der Waals surface area contributed by atoms with Crippen molar-refractivity contribution in [2.75, 3.05) is 26.2 Å². The number of hydrogen-bond acceptors (Lipinski definition) is 4. The summed E-state index contributed by atoms with van der Waals surface area (Å²) < 4.78 is 28.4. The molecule has 28 heavy (non-hydrogen) atoms. The molecule has 0 N–H and O–H groups in total. The molecule has 0 spiro atoms. The highest BCUT2D eigenvalue weighted by Gasteiger charge is 2.27. The minimum atomic E-state index is -3.55. The monoisotopic (exact) mass is 465 g/mol. The van der Waals surface area contributed by atoms with E-state index in [0.29, 0.717) is 17.6 Å². The van der Waals surface area contributed by atoms with E-state index in [1.807, 2.05) is 30.3 Å². The molecule has 9 heteroatoms. The lowest BCUT2D eigenvalue weighted by atomic mass is 10.2. The van der Waals surface area contributed by atoms with Crippen LogP contribution in [0.2, 0.25) is 0 Å². The zero-order valence-corrected chi connectivity index (χ0v) is 17.5. The summed E-state index contributed by atoms with van der Waals surface area (Å²) in [5.74, 6) is -0.211. The van der Waals surface area contributed by atoms with Crippen LogP contribution in [0.4, 0.5) is 0 Å². The number of benzene rings is 1. The smallest absolute Gasteiger partial charge is 0.251 e. The Hall–Kier alpha value is -2.23. The largest absolute Gasteiger partial charge is 0.339 e. The number of nitrogens with zero attached hydrogens (tertiary/aromatic N) is 3. The summed E-state index contributed by atoms with van der Waals surface area (Å²) >= 11 is 3.28. The van der Waals surface area contributed by atoms with Crippen molar-refractivity contribution in [1.82, 2.24) is 13.8 Å². The standard InChI is InChI=1S/C19H20BrN3O4S/c20-17-6-7-18(24)22(14-17)15-19(25)21-9-11-23(12-10-21)28(26,27)13-8-16-4-2-1-3-5-16/h1-8,13-14H,9-12,15H2/b13-8+. The fourth-order valence-corrected chi connectivity index (χ4v) is 4.43. The van der Waals surface area contributed by atoms with Crippen LogP contribution in [-0.2, 0) is 21.4 Å². The number of sulfonamides is 1. The molecule has 3 rings (SSSR count). The quantitative estimate of drug-likeness (QED) is 0.673. The fraction of sp³-hybridized carbons (Fsp3) is 0.263. The van der Waals surface area contributed by atoms with Gasteiger partial charge in [-0.05, 0) is 33.6 Å². The summed E-state index contributed by atoms with van der Waals surface area (Å²) in [5, 5.41) is 1.20. The number of pyridine rings is 1. The Morgan fingerprint density at radius 2 is 1.71 bits per heavy atom. The molecule has 1 aliphatic heterocycles. The van der Waals surface area contributed by atoms with Crippen LogP contribution in [0.25, 0.3) is 6.08 Å². The molecule has 2 aromatic rings. The first-order chi connectivity index (χ1) is 13.3. The van der Waals surface area contributed by atoms with Gasteiger partial charge in [0.2, 0.25) is 15.9 Å². The van der Waals surface area contributed by atoms with Gasteiger partial charge < -0.3 is 9.47 Å². The number of carbonyl (C=O) groups is 1. The zero-order chi connectivity index (χ0) is 20.1. The summed E-state index contributed by atoms with van der Waals surface area (Å²) in [6.45, 7) is 0.958. The van der Waals surface area contributed by atoms with Gasteiger partial charge in [-0.15, -0.1) is 0 Å². The summed E-state index contributed by atoms with van der Waals surface area (Å²) in [4.78, 5) is 25.9. The maximum absolute atomic E-state index is 12.5.